The Labute approximate surface area is 121 Å². The van der Waals surface area contributed by atoms with E-state index in [1.54, 1.807) is 7.11 Å². The Morgan fingerprint density at radius 3 is 2.80 bits per heavy atom. The lowest BCUT2D eigenvalue weighted by atomic mass is 9.97. The van der Waals surface area contributed by atoms with E-state index in [0.29, 0.717) is 6.04 Å². The molecule has 104 valence electrons. The first-order chi connectivity index (χ1) is 9.78. The Balaban J connectivity index is 2.34. The molecule has 0 aromatic heterocycles. The molecule has 0 saturated carbocycles. The Morgan fingerprint density at radius 1 is 1.25 bits per heavy atom. The Kier molecular flexibility index (Phi) is 5.03. The Morgan fingerprint density at radius 2 is 2.10 bits per heavy atom. The van der Waals surface area contributed by atoms with E-state index in [1.807, 2.05) is 20.0 Å². The maximum atomic E-state index is 5.34. The van der Waals surface area contributed by atoms with Gasteiger partial charge < -0.3 is 10.1 Å². The Hall–Kier alpha value is -1.98. The fourth-order valence-electron chi connectivity index (χ4n) is 2.39. The Bertz CT molecular complexity index is 637. The molecule has 0 aliphatic heterocycles. The largest absolute Gasteiger partial charge is 0.497 e. The average molecular weight is 267 g/mol. The smallest absolute Gasteiger partial charge is 0.119 e. The second kappa shape index (κ2) is 6.98. The molecule has 20 heavy (non-hydrogen) atoms. The highest BCUT2D eigenvalue weighted by Gasteiger charge is 2.09. The number of benzene rings is 2. The SMILES string of the molecule is CC#CCC(Cc1cccc2ccc(OC)cc12)NC. The second-order valence-electron chi connectivity index (χ2n) is 4.82. The summed E-state index contributed by atoms with van der Waals surface area (Å²) in [5, 5.41) is 5.86. The molecule has 0 fully saturated rings. The summed E-state index contributed by atoms with van der Waals surface area (Å²) in [6, 6.07) is 13.0. The molecule has 0 aliphatic carbocycles. The van der Waals surface area contributed by atoms with Gasteiger partial charge in [0.15, 0.2) is 0 Å². The van der Waals surface area contributed by atoms with Crippen molar-refractivity contribution >= 4 is 10.8 Å². The summed E-state index contributed by atoms with van der Waals surface area (Å²) in [4.78, 5) is 0. The molecule has 1 N–H and O–H groups in total. The van der Waals surface area contributed by atoms with Gasteiger partial charge in [-0.3, -0.25) is 0 Å². The van der Waals surface area contributed by atoms with Crippen LogP contribution < -0.4 is 10.1 Å². The molecule has 0 saturated heterocycles. The summed E-state index contributed by atoms with van der Waals surface area (Å²) in [5.74, 6) is 7.02. The monoisotopic (exact) mass is 267 g/mol. The molecular formula is C18H21NO. The standard InChI is InChI=1S/C18H21NO/c1-4-5-9-16(19-2)12-15-8-6-7-14-10-11-17(20-3)13-18(14)15/h6-8,10-11,13,16,19H,9,12H2,1-3H3. The van der Waals surface area contributed by atoms with Crippen molar-refractivity contribution in [1.82, 2.24) is 5.32 Å². The van der Waals surface area contributed by atoms with Crippen LogP contribution in [0.15, 0.2) is 36.4 Å². The number of ether oxygens (including phenoxy) is 1. The highest BCUT2D eigenvalue weighted by molar-refractivity contribution is 5.87. The number of methoxy groups -OCH3 is 1. The van der Waals surface area contributed by atoms with Gasteiger partial charge in [0.05, 0.1) is 7.11 Å². The fraction of sp³-hybridized carbons (Fsp3) is 0.333. The van der Waals surface area contributed by atoms with Gasteiger partial charge in [0, 0.05) is 12.5 Å². The molecule has 1 atom stereocenters. The molecule has 2 nitrogen and oxygen atoms in total. The molecule has 0 heterocycles. The van der Waals surface area contributed by atoms with Crippen LogP contribution in [-0.2, 0) is 6.42 Å². The first-order valence-electron chi connectivity index (χ1n) is 6.91. The molecule has 1 unspecified atom stereocenters. The lowest BCUT2D eigenvalue weighted by Crippen LogP contribution is -2.27. The summed E-state index contributed by atoms with van der Waals surface area (Å²) in [6.07, 6.45) is 1.84. The van der Waals surface area contributed by atoms with Gasteiger partial charge >= 0.3 is 0 Å². The van der Waals surface area contributed by atoms with Gasteiger partial charge in [-0.05, 0) is 48.9 Å². The average Bonchev–Trinajstić information content (AvgIpc) is 2.51. The van der Waals surface area contributed by atoms with Crippen molar-refractivity contribution in [2.75, 3.05) is 14.2 Å². The molecule has 0 radical (unpaired) electrons. The van der Waals surface area contributed by atoms with Crippen LogP contribution in [0.1, 0.15) is 18.9 Å². The van der Waals surface area contributed by atoms with Gasteiger partial charge in [-0.25, -0.2) is 0 Å². The van der Waals surface area contributed by atoms with Crippen molar-refractivity contribution in [1.29, 1.82) is 0 Å². The van der Waals surface area contributed by atoms with E-state index >= 15 is 0 Å². The van der Waals surface area contributed by atoms with Crippen LogP contribution in [0.3, 0.4) is 0 Å². The van der Waals surface area contributed by atoms with Crippen LogP contribution in [0.2, 0.25) is 0 Å². The molecule has 2 rings (SSSR count). The van der Waals surface area contributed by atoms with Gasteiger partial charge in [-0.15, -0.1) is 11.8 Å². The van der Waals surface area contributed by atoms with Crippen LogP contribution in [-0.4, -0.2) is 20.2 Å². The van der Waals surface area contributed by atoms with Crippen molar-refractivity contribution < 1.29 is 4.74 Å². The number of rotatable bonds is 5. The molecule has 0 amide bonds. The summed E-state index contributed by atoms with van der Waals surface area (Å²) in [5.41, 5.74) is 1.33. The third-order valence-electron chi connectivity index (χ3n) is 3.58. The highest BCUT2D eigenvalue weighted by Crippen LogP contribution is 2.25. The van der Waals surface area contributed by atoms with E-state index in [9.17, 15) is 0 Å². The van der Waals surface area contributed by atoms with Gasteiger partial charge in [0.1, 0.15) is 5.75 Å². The highest BCUT2D eigenvalue weighted by atomic mass is 16.5. The van der Waals surface area contributed by atoms with Gasteiger partial charge in [0.2, 0.25) is 0 Å². The molecule has 0 aliphatic rings. The number of nitrogens with one attached hydrogen (secondary N) is 1. The minimum Gasteiger partial charge on any atom is -0.497 e. The van der Waals surface area contributed by atoms with Crippen LogP contribution in [0, 0.1) is 11.8 Å². The van der Waals surface area contributed by atoms with Crippen LogP contribution in [0.25, 0.3) is 10.8 Å². The van der Waals surface area contributed by atoms with Crippen molar-refractivity contribution in [3.05, 3.63) is 42.0 Å². The first-order valence-corrected chi connectivity index (χ1v) is 6.91. The van der Waals surface area contributed by atoms with Crippen molar-refractivity contribution in [2.24, 2.45) is 0 Å². The lowest BCUT2D eigenvalue weighted by molar-refractivity contribution is 0.415. The van der Waals surface area contributed by atoms with Crippen molar-refractivity contribution in [3.63, 3.8) is 0 Å². The van der Waals surface area contributed by atoms with E-state index in [4.69, 9.17) is 4.74 Å². The van der Waals surface area contributed by atoms with Crippen molar-refractivity contribution in [3.8, 4) is 17.6 Å². The maximum Gasteiger partial charge on any atom is 0.119 e. The van der Waals surface area contributed by atoms with E-state index in [-0.39, 0.29) is 0 Å². The van der Waals surface area contributed by atoms with Crippen LogP contribution >= 0.6 is 0 Å². The van der Waals surface area contributed by atoms with Crippen molar-refractivity contribution in [2.45, 2.75) is 25.8 Å². The predicted octanol–water partition coefficient (Wildman–Crippen LogP) is 3.39. The molecule has 0 spiro atoms. The quantitative estimate of drug-likeness (QED) is 0.838. The summed E-state index contributed by atoms with van der Waals surface area (Å²) in [6.45, 7) is 1.88. The zero-order chi connectivity index (χ0) is 14.4. The number of likely N-dealkylation sites (N-methyl/N-ethyl adjacent to an activating group) is 1. The second-order valence-corrected chi connectivity index (χ2v) is 4.82. The van der Waals surface area contributed by atoms with Gasteiger partial charge in [0.25, 0.3) is 0 Å². The van der Waals surface area contributed by atoms with E-state index in [0.717, 1.165) is 18.6 Å². The fourth-order valence-corrected chi connectivity index (χ4v) is 2.39. The molecule has 2 heteroatoms. The van der Waals surface area contributed by atoms with Gasteiger partial charge in [-0.1, -0.05) is 24.3 Å². The molecule has 2 aromatic carbocycles. The predicted molar refractivity (Wildman–Crippen MR) is 85.1 cm³/mol. The summed E-state index contributed by atoms with van der Waals surface area (Å²) >= 11 is 0. The van der Waals surface area contributed by atoms with Gasteiger partial charge in [-0.2, -0.15) is 0 Å². The minimum absolute atomic E-state index is 0.374. The summed E-state index contributed by atoms with van der Waals surface area (Å²) in [7, 11) is 3.70. The van der Waals surface area contributed by atoms with E-state index in [2.05, 4.69) is 47.5 Å². The van der Waals surface area contributed by atoms with Crippen LogP contribution in [0.4, 0.5) is 0 Å². The minimum atomic E-state index is 0.374. The third kappa shape index (κ3) is 3.31. The topological polar surface area (TPSA) is 21.3 Å². The number of fused-ring (bicyclic) bond motifs is 1. The normalized spacial score (nSPS) is 11.8. The van der Waals surface area contributed by atoms with Crippen LogP contribution in [0.5, 0.6) is 5.75 Å². The maximum absolute atomic E-state index is 5.34. The van der Waals surface area contributed by atoms with E-state index < -0.39 is 0 Å². The lowest BCUT2D eigenvalue weighted by Gasteiger charge is -2.15. The zero-order valence-electron chi connectivity index (χ0n) is 12.4. The number of hydrogen-bond donors (Lipinski definition) is 1. The molecule has 0 bridgehead atoms. The summed E-state index contributed by atoms with van der Waals surface area (Å²) < 4.78 is 5.34. The van der Waals surface area contributed by atoms with E-state index in [1.165, 1.54) is 16.3 Å². The first kappa shape index (κ1) is 14.4. The molecule has 2 aromatic rings. The number of hydrogen-bond acceptors (Lipinski definition) is 2. The molecular weight excluding hydrogens is 246 g/mol. The third-order valence-corrected chi connectivity index (χ3v) is 3.58. The zero-order valence-corrected chi connectivity index (χ0v) is 12.4.